The summed E-state index contributed by atoms with van der Waals surface area (Å²) in [6, 6.07) is 11.8. The van der Waals surface area contributed by atoms with Crippen LogP contribution in [0.3, 0.4) is 0 Å². The Balaban J connectivity index is 2.53. The molecule has 2 aromatic rings. The fourth-order valence-corrected chi connectivity index (χ4v) is 2.31. The lowest BCUT2D eigenvalue weighted by molar-refractivity contribution is -0.113. The second-order valence-corrected chi connectivity index (χ2v) is 6.69. The van der Waals surface area contributed by atoms with Crippen molar-refractivity contribution < 1.29 is 23.5 Å². The number of esters is 1. The van der Waals surface area contributed by atoms with Crippen LogP contribution in [0.4, 0.5) is 10.1 Å². The predicted molar refractivity (Wildman–Crippen MR) is 100 cm³/mol. The molecule has 5 nitrogen and oxygen atoms in total. The van der Waals surface area contributed by atoms with Gasteiger partial charge in [0.05, 0.1) is 11.3 Å². The minimum Gasteiger partial charge on any atom is -0.456 e. The fourth-order valence-electron chi connectivity index (χ4n) is 2.31. The zero-order valence-corrected chi connectivity index (χ0v) is 15.4. The van der Waals surface area contributed by atoms with E-state index < -0.39 is 29.2 Å². The van der Waals surface area contributed by atoms with Crippen molar-refractivity contribution in [2.75, 3.05) is 4.90 Å². The third-order valence-electron chi connectivity index (χ3n) is 3.46. The van der Waals surface area contributed by atoms with Gasteiger partial charge in [0, 0.05) is 5.56 Å². The highest BCUT2D eigenvalue weighted by Crippen LogP contribution is 2.26. The van der Waals surface area contributed by atoms with E-state index in [2.05, 4.69) is 6.58 Å². The monoisotopic (exact) mass is 369 g/mol. The van der Waals surface area contributed by atoms with Crippen molar-refractivity contribution in [3.8, 4) is 0 Å². The van der Waals surface area contributed by atoms with Gasteiger partial charge in [0.2, 0.25) is 0 Å². The van der Waals surface area contributed by atoms with Crippen LogP contribution < -0.4 is 4.90 Å². The summed E-state index contributed by atoms with van der Waals surface area (Å²) in [5.41, 5.74) is -1.35. The molecule has 2 amide bonds. The summed E-state index contributed by atoms with van der Waals surface area (Å²) >= 11 is 0. The molecular formula is C21H20FNO4. The number of anilines is 1. The van der Waals surface area contributed by atoms with Gasteiger partial charge in [0.1, 0.15) is 5.60 Å². The maximum absolute atomic E-state index is 15.0. The van der Waals surface area contributed by atoms with Crippen LogP contribution in [0.15, 0.2) is 61.2 Å². The van der Waals surface area contributed by atoms with E-state index in [9.17, 15) is 14.4 Å². The lowest BCUT2D eigenvalue weighted by Crippen LogP contribution is -2.37. The Bertz CT molecular complexity index is 885. The molecule has 0 N–H and O–H groups in total. The predicted octanol–water partition coefficient (Wildman–Crippen LogP) is 4.14. The Morgan fingerprint density at radius 1 is 1.04 bits per heavy atom. The molecule has 2 aromatic carbocycles. The average Bonchev–Trinajstić information content (AvgIpc) is 2.62. The van der Waals surface area contributed by atoms with Gasteiger partial charge in [-0.3, -0.25) is 9.59 Å². The highest BCUT2D eigenvalue weighted by atomic mass is 19.1. The van der Waals surface area contributed by atoms with E-state index in [1.165, 1.54) is 30.3 Å². The fraction of sp³-hybridized carbons (Fsp3) is 0.190. The van der Waals surface area contributed by atoms with E-state index >= 15 is 4.39 Å². The Kier molecular flexibility index (Phi) is 5.90. The van der Waals surface area contributed by atoms with E-state index in [1.807, 2.05) is 0 Å². The molecule has 0 atom stereocenters. The summed E-state index contributed by atoms with van der Waals surface area (Å²) < 4.78 is 20.2. The molecule has 6 heteroatoms. The molecule has 0 unspecified atom stereocenters. The Labute approximate surface area is 157 Å². The molecule has 0 radical (unpaired) electrons. The molecule has 0 saturated carbocycles. The van der Waals surface area contributed by atoms with Gasteiger partial charge in [-0.2, -0.15) is 0 Å². The van der Waals surface area contributed by atoms with Crippen LogP contribution in [-0.4, -0.2) is 23.4 Å². The summed E-state index contributed by atoms with van der Waals surface area (Å²) in [5.74, 6) is -3.46. The third kappa shape index (κ3) is 4.67. The Morgan fingerprint density at radius 3 is 2.22 bits per heavy atom. The van der Waals surface area contributed by atoms with Gasteiger partial charge in [-0.15, -0.1) is 0 Å². The second-order valence-electron chi connectivity index (χ2n) is 6.69. The van der Waals surface area contributed by atoms with Gasteiger partial charge in [0.15, 0.2) is 5.82 Å². The quantitative estimate of drug-likeness (QED) is 0.600. The molecular weight excluding hydrogens is 349 g/mol. The van der Waals surface area contributed by atoms with Crippen LogP contribution in [0.2, 0.25) is 0 Å². The summed E-state index contributed by atoms with van der Waals surface area (Å²) in [6.07, 6.45) is 0.903. The average molecular weight is 369 g/mol. The van der Waals surface area contributed by atoms with Gasteiger partial charge in [-0.05, 0) is 51.1 Å². The summed E-state index contributed by atoms with van der Waals surface area (Å²) in [4.78, 5) is 38.0. The van der Waals surface area contributed by atoms with Gasteiger partial charge in [0.25, 0.3) is 11.8 Å². The number of carbonyl (C=O) groups is 3. The normalized spacial score (nSPS) is 10.8. The van der Waals surface area contributed by atoms with Crippen molar-refractivity contribution in [2.45, 2.75) is 26.4 Å². The molecule has 27 heavy (non-hydrogen) atoms. The SMILES string of the molecule is C=CC(=O)N(C(=O)c1ccccc1)c1cccc(C(=O)OC(C)(C)C)c1F. The van der Waals surface area contributed by atoms with Gasteiger partial charge in [-0.25, -0.2) is 14.1 Å². The number of ether oxygens (including phenoxy) is 1. The molecule has 0 aliphatic rings. The molecule has 0 saturated heterocycles. The first-order valence-electron chi connectivity index (χ1n) is 8.23. The second kappa shape index (κ2) is 7.95. The summed E-state index contributed by atoms with van der Waals surface area (Å²) in [5, 5.41) is 0. The van der Waals surface area contributed by atoms with Crippen LogP contribution in [0.1, 0.15) is 41.5 Å². The molecule has 0 heterocycles. The minimum absolute atomic E-state index is 0.190. The first-order chi connectivity index (χ1) is 12.7. The van der Waals surface area contributed by atoms with E-state index in [1.54, 1.807) is 39.0 Å². The maximum Gasteiger partial charge on any atom is 0.341 e. The largest absolute Gasteiger partial charge is 0.456 e. The molecule has 140 valence electrons. The van der Waals surface area contributed by atoms with Crippen LogP contribution in [0.25, 0.3) is 0 Å². The molecule has 2 rings (SSSR count). The highest BCUT2D eigenvalue weighted by Gasteiger charge is 2.29. The third-order valence-corrected chi connectivity index (χ3v) is 3.46. The van der Waals surface area contributed by atoms with Gasteiger partial charge < -0.3 is 4.74 Å². The van der Waals surface area contributed by atoms with Crippen molar-refractivity contribution >= 4 is 23.5 Å². The van der Waals surface area contributed by atoms with Crippen LogP contribution in [0.5, 0.6) is 0 Å². The Morgan fingerprint density at radius 2 is 1.67 bits per heavy atom. The van der Waals surface area contributed by atoms with E-state index in [0.29, 0.717) is 4.90 Å². The summed E-state index contributed by atoms with van der Waals surface area (Å²) in [6.45, 7) is 8.32. The standard InChI is InChI=1S/C21H20FNO4/c1-5-17(24)23(19(25)14-10-7-6-8-11-14)16-13-9-12-15(18(16)22)20(26)27-21(2,3)4/h5-13H,1H2,2-4H3. The van der Waals surface area contributed by atoms with E-state index in [0.717, 1.165) is 6.08 Å². The summed E-state index contributed by atoms with van der Waals surface area (Å²) in [7, 11) is 0. The number of nitrogens with zero attached hydrogens (tertiary/aromatic N) is 1. The van der Waals surface area contributed by atoms with Crippen molar-refractivity contribution in [1.29, 1.82) is 0 Å². The van der Waals surface area contributed by atoms with Crippen LogP contribution in [-0.2, 0) is 9.53 Å². The smallest absolute Gasteiger partial charge is 0.341 e. The molecule has 0 aliphatic carbocycles. The minimum atomic E-state index is -1.02. The molecule has 0 aliphatic heterocycles. The number of carbonyl (C=O) groups excluding carboxylic acids is 3. The van der Waals surface area contributed by atoms with Crippen molar-refractivity contribution in [3.63, 3.8) is 0 Å². The lowest BCUT2D eigenvalue weighted by Gasteiger charge is -2.22. The van der Waals surface area contributed by atoms with E-state index in [-0.39, 0.29) is 16.8 Å². The van der Waals surface area contributed by atoms with Gasteiger partial charge >= 0.3 is 5.97 Å². The van der Waals surface area contributed by atoms with Crippen molar-refractivity contribution in [3.05, 3.63) is 78.1 Å². The number of hydrogen-bond acceptors (Lipinski definition) is 4. The number of imide groups is 1. The zero-order chi connectivity index (χ0) is 20.2. The Hall–Kier alpha value is -3.28. The molecule has 0 bridgehead atoms. The van der Waals surface area contributed by atoms with Crippen molar-refractivity contribution in [1.82, 2.24) is 0 Å². The molecule has 0 aromatic heterocycles. The molecule has 0 fully saturated rings. The zero-order valence-electron chi connectivity index (χ0n) is 15.4. The number of amides is 2. The highest BCUT2D eigenvalue weighted by molar-refractivity contribution is 6.24. The van der Waals surface area contributed by atoms with Crippen LogP contribution in [0, 0.1) is 5.82 Å². The van der Waals surface area contributed by atoms with E-state index in [4.69, 9.17) is 4.74 Å². The number of rotatable bonds is 4. The molecule has 0 spiro atoms. The number of benzene rings is 2. The number of halogens is 1. The van der Waals surface area contributed by atoms with Crippen LogP contribution >= 0.6 is 0 Å². The topological polar surface area (TPSA) is 63.7 Å². The number of hydrogen-bond donors (Lipinski definition) is 0. The van der Waals surface area contributed by atoms with Gasteiger partial charge in [-0.1, -0.05) is 30.8 Å². The first-order valence-corrected chi connectivity index (χ1v) is 8.23. The lowest BCUT2D eigenvalue weighted by atomic mass is 10.1. The first kappa shape index (κ1) is 20.0. The van der Waals surface area contributed by atoms with Crippen molar-refractivity contribution in [2.24, 2.45) is 0 Å². The maximum atomic E-state index is 15.0.